The van der Waals surface area contributed by atoms with Crippen molar-refractivity contribution < 1.29 is 0 Å². The fourth-order valence-corrected chi connectivity index (χ4v) is 2.19. The second-order valence-corrected chi connectivity index (χ2v) is 3.43. The summed E-state index contributed by atoms with van der Waals surface area (Å²) in [5.41, 5.74) is 7.83. The molecule has 0 saturated heterocycles. The molecule has 2 saturated carbocycles. The van der Waals surface area contributed by atoms with Crippen LogP contribution in [0.3, 0.4) is 0 Å². The van der Waals surface area contributed by atoms with Crippen molar-refractivity contribution >= 4 is 0 Å². The highest BCUT2D eigenvalue weighted by molar-refractivity contribution is 5.07. The van der Waals surface area contributed by atoms with Gasteiger partial charge in [-0.15, -0.1) is 5.54 Å². The van der Waals surface area contributed by atoms with Crippen LogP contribution in [-0.4, -0.2) is 5.54 Å². The van der Waals surface area contributed by atoms with E-state index < -0.39 is 0 Å². The predicted octanol–water partition coefficient (Wildman–Crippen LogP) is 2.37. The molecule has 0 radical (unpaired) electrons. The zero-order chi connectivity index (χ0) is 5.61. The Morgan fingerprint density at radius 3 is 2.00 bits per heavy atom. The van der Waals surface area contributed by atoms with E-state index in [1.807, 2.05) is 0 Å². The molecule has 0 spiro atoms. The molecule has 0 aromatic rings. The van der Waals surface area contributed by atoms with Crippen LogP contribution in [0.2, 0.25) is 0 Å². The fourth-order valence-electron chi connectivity index (χ4n) is 2.19. The molecule has 8 heavy (non-hydrogen) atoms. The molecule has 0 aromatic heterocycles. The van der Waals surface area contributed by atoms with E-state index in [2.05, 4.69) is 0 Å². The normalized spacial score (nSPS) is 52.9. The lowest BCUT2D eigenvalue weighted by atomic mass is 9.95. The summed E-state index contributed by atoms with van der Waals surface area (Å²) in [5.74, 6) is 0.951. The summed E-state index contributed by atoms with van der Waals surface area (Å²) < 4.78 is 0. The number of hydrogen-bond donors (Lipinski definition) is 0. The van der Waals surface area contributed by atoms with Crippen molar-refractivity contribution in [1.29, 1.82) is 0 Å². The van der Waals surface area contributed by atoms with Gasteiger partial charge in [0.2, 0.25) is 0 Å². The van der Waals surface area contributed by atoms with Crippen molar-refractivity contribution in [2.75, 3.05) is 0 Å². The lowest BCUT2D eigenvalue weighted by Gasteiger charge is -2.30. The van der Waals surface area contributed by atoms with Crippen LogP contribution in [0.25, 0.3) is 5.73 Å². The van der Waals surface area contributed by atoms with Gasteiger partial charge >= 0.3 is 0 Å². The number of nitrogens with one attached hydrogen (secondary N) is 1. The Morgan fingerprint density at radius 2 is 1.88 bits per heavy atom. The van der Waals surface area contributed by atoms with E-state index in [4.69, 9.17) is 5.73 Å². The first-order chi connectivity index (χ1) is 3.79. The molecule has 1 nitrogen and oxygen atoms in total. The van der Waals surface area contributed by atoms with Gasteiger partial charge < -0.3 is 5.73 Å². The smallest absolute Gasteiger partial charge is 0.0426 e. The molecule has 2 fully saturated rings. The third kappa shape index (κ3) is 0.510. The quantitative estimate of drug-likeness (QED) is 0.457. The van der Waals surface area contributed by atoms with Crippen LogP contribution in [0.5, 0.6) is 0 Å². The second-order valence-electron chi connectivity index (χ2n) is 3.43. The summed E-state index contributed by atoms with van der Waals surface area (Å²) >= 11 is 0. The Labute approximate surface area is 50.3 Å². The third-order valence-electron chi connectivity index (χ3n) is 2.74. The molecule has 2 rings (SSSR count). The molecule has 2 bridgehead atoms. The van der Waals surface area contributed by atoms with Gasteiger partial charge in [-0.05, 0) is 5.92 Å². The fraction of sp³-hybridized carbons (Fsp3) is 1.00. The van der Waals surface area contributed by atoms with Gasteiger partial charge in [-0.25, -0.2) is 0 Å². The van der Waals surface area contributed by atoms with Crippen molar-refractivity contribution in [1.82, 2.24) is 0 Å². The maximum atomic E-state index is 7.77. The van der Waals surface area contributed by atoms with Gasteiger partial charge in [0.1, 0.15) is 0 Å². The first kappa shape index (κ1) is 4.80. The molecule has 0 aromatic carbocycles. The van der Waals surface area contributed by atoms with E-state index in [1.54, 1.807) is 0 Å². The molecule has 1 heteroatoms. The summed E-state index contributed by atoms with van der Waals surface area (Å²) in [5, 5.41) is 0. The van der Waals surface area contributed by atoms with Gasteiger partial charge in [0.15, 0.2) is 0 Å². The van der Waals surface area contributed by atoms with Gasteiger partial charge in [0, 0.05) is 0 Å². The van der Waals surface area contributed by atoms with Crippen LogP contribution in [-0.2, 0) is 0 Å². The first-order valence-electron chi connectivity index (χ1n) is 3.54. The molecule has 0 atom stereocenters. The van der Waals surface area contributed by atoms with Crippen LogP contribution in [0, 0.1) is 5.92 Å². The molecule has 1 N–H and O–H groups in total. The summed E-state index contributed by atoms with van der Waals surface area (Å²) in [6, 6.07) is 0. The molecule has 0 heterocycles. The molecule has 0 amide bonds. The Balaban J connectivity index is 2.19. The van der Waals surface area contributed by atoms with Crippen molar-refractivity contribution in [3.63, 3.8) is 0 Å². The van der Waals surface area contributed by atoms with Gasteiger partial charge in [0.05, 0.1) is 0 Å². The summed E-state index contributed by atoms with van der Waals surface area (Å²) in [7, 11) is 0. The highest BCUT2D eigenvalue weighted by Gasteiger charge is 2.35. The monoisotopic (exact) mass is 110 g/mol. The minimum Gasteiger partial charge on any atom is -0.672 e. The van der Waals surface area contributed by atoms with Gasteiger partial charge in [-0.3, -0.25) is 0 Å². The van der Waals surface area contributed by atoms with Crippen LogP contribution in [0.15, 0.2) is 0 Å². The zero-order valence-electron chi connectivity index (χ0n) is 5.11. The van der Waals surface area contributed by atoms with E-state index in [0.717, 1.165) is 5.92 Å². The number of rotatable bonds is 0. The predicted molar refractivity (Wildman–Crippen MR) is 33.6 cm³/mol. The Kier molecular flexibility index (Phi) is 0.762. The van der Waals surface area contributed by atoms with E-state index in [0.29, 0.717) is 0 Å². The van der Waals surface area contributed by atoms with E-state index in [1.165, 1.54) is 32.1 Å². The number of fused-ring (bicyclic) bond motifs is 2. The third-order valence-corrected chi connectivity index (χ3v) is 2.74. The van der Waals surface area contributed by atoms with Crippen LogP contribution >= 0.6 is 0 Å². The molecular formula is C7H12N-. The summed E-state index contributed by atoms with van der Waals surface area (Å²) in [6.07, 6.45) is 6.30. The lowest BCUT2D eigenvalue weighted by molar-refractivity contribution is 0.471. The molecule has 2 aliphatic carbocycles. The van der Waals surface area contributed by atoms with E-state index in [9.17, 15) is 0 Å². The Hall–Kier alpha value is -0.0400. The topological polar surface area (TPSA) is 23.8 Å². The standard InChI is InChI=1S/C7H12N/c8-7-3-1-6(5-7)2-4-7/h6,8H,1-5H2/q-1. The largest absolute Gasteiger partial charge is 0.672 e. The molecule has 0 aliphatic heterocycles. The highest BCUT2D eigenvalue weighted by Crippen LogP contribution is 2.49. The summed E-state index contributed by atoms with van der Waals surface area (Å²) in [4.78, 5) is 0. The highest BCUT2D eigenvalue weighted by atomic mass is 14.8. The Bertz CT molecular complexity index is 101. The minimum absolute atomic E-state index is 0.0602. The van der Waals surface area contributed by atoms with Crippen molar-refractivity contribution in [3.05, 3.63) is 5.73 Å². The molecular weight excluding hydrogens is 98.1 g/mol. The first-order valence-corrected chi connectivity index (χ1v) is 3.54. The van der Waals surface area contributed by atoms with Gasteiger partial charge in [-0.2, -0.15) is 0 Å². The van der Waals surface area contributed by atoms with Crippen molar-refractivity contribution in [2.45, 2.75) is 37.6 Å². The lowest BCUT2D eigenvalue weighted by Crippen LogP contribution is -2.14. The average Bonchev–Trinajstić information content (AvgIpc) is 2.21. The van der Waals surface area contributed by atoms with Crippen molar-refractivity contribution in [2.24, 2.45) is 5.92 Å². The second kappa shape index (κ2) is 1.27. The van der Waals surface area contributed by atoms with E-state index in [-0.39, 0.29) is 5.54 Å². The maximum Gasteiger partial charge on any atom is -0.0426 e. The SMILES string of the molecule is [NH-]C12CCC(CC1)C2. The van der Waals surface area contributed by atoms with Gasteiger partial charge in [-0.1, -0.05) is 32.1 Å². The van der Waals surface area contributed by atoms with Crippen LogP contribution < -0.4 is 0 Å². The van der Waals surface area contributed by atoms with Crippen LogP contribution in [0.4, 0.5) is 0 Å². The molecule has 0 unspecified atom stereocenters. The molecule has 2 aliphatic rings. The molecule has 46 valence electrons. The maximum absolute atomic E-state index is 7.77. The van der Waals surface area contributed by atoms with E-state index >= 15 is 0 Å². The van der Waals surface area contributed by atoms with Gasteiger partial charge in [0.25, 0.3) is 0 Å². The average molecular weight is 110 g/mol. The van der Waals surface area contributed by atoms with Crippen LogP contribution in [0.1, 0.15) is 32.1 Å². The summed E-state index contributed by atoms with van der Waals surface area (Å²) in [6.45, 7) is 0. The zero-order valence-corrected chi connectivity index (χ0v) is 5.11. The number of hydrogen-bond acceptors (Lipinski definition) is 0. The van der Waals surface area contributed by atoms with Crippen molar-refractivity contribution in [3.8, 4) is 0 Å². The Morgan fingerprint density at radius 1 is 1.25 bits per heavy atom. The minimum atomic E-state index is 0.0602.